The Balaban J connectivity index is 2.34. The summed E-state index contributed by atoms with van der Waals surface area (Å²) in [4.78, 5) is 30.1. The van der Waals surface area contributed by atoms with E-state index in [0.29, 0.717) is 21.9 Å². The van der Waals surface area contributed by atoms with Crippen molar-refractivity contribution in [2.45, 2.75) is 13.5 Å². The molecule has 3 aromatic rings. The normalized spacial score (nSPS) is 11.1. The molecule has 0 atom stereocenters. The smallest absolute Gasteiger partial charge is 0.357 e. The molecule has 0 aliphatic rings. The Morgan fingerprint density at radius 1 is 1.38 bits per heavy atom. The summed E-state index contributed by atoms with van der Waals surface area (Å²) in [5, 5.41) is 12.4. The monoisotopic (exact) mass is 329 g/mol. The van der Waals surface area contributed by atoms with E-state index in [4.69, 9.17) is 9.47 Å². The number of non-ortho nitro benzene ring substituents is 1. The number of benzene rings is 1. The first-order valence-electron chi connectivity index (χ1n) is 7.30. The maximum atomic E-state index is 12.2. The Morgan fingerprint density at radius 3 is 2.83 bits per heavy atom. The average Bonchev–Trinajstić information content (AvgIpc) is 2.93. The van der Waals surface area contributed by atoms with Gasteiger partial charge in [0.25, 0.3) is 5.69 Å². The first-order valence-corrected chi connectivity index (χ1v) is 7.30. The van der Waals surface area contributed by atoms with Crippen molar-refractivity contribution < 1.29 is 19.2 Å². The van der Waals surface area contributed by atoms with Gasteiger partial charge in [-0.05, 0) is 13.0 Å². The molecule has 0 saturated carbocycles. The Bertz CT molecular complexity index is 948. The van der Waals surface area contributed by atoms with Crippen molar-refractivity contribution in [1.29, 1.82) is 0 Å². The third kappa shape index (κ3) is 2.56. The highest BCUT2D eigenvalue weighted by Gasteiger charge is 2.21. The number of nitrogens with zero attached hydrogens (tertiary/aromatic N) is 2. The number of carbonyl (C=O) groups excluding carboxylic acids is 1. The van der Waals surface area contributed by atoms with Crippen LogP contribution >= 0.6 is 0 Å². The molecule has 0 aliphatic heterocycles. The Labute approximate surface area is 136 Å². The van der Waals surface area contributed by atoms with Gasteiger partial charge < -0.3 is 14.5 Å². The van der Waals surface area contributed by atoms with Gasteiger partial charge in [0.15, 0.2) is 5.69 Å². The van der Waals surface area contributed by atoms with Crippen LogP contribution in [-0.4, -0.2) is 34.6 Å². The fourth-order valence-corrected chi connectivity index (χ4v) is 2.72. The highest BCUT2D eigenvalue weighted by molar-refractivity contribution is 6.11. The van der Waals surface area contributed by atoms with Crippen molar-refractivity contribution in [2.24, 2.45) is 0 Å². The van der Waals surface area contributed by atoms with Crippen LogP contribution in [0.3, 0.4) is 0 Å². The molecule has 1 aromatic carbocycles. The van der Waals surface area contributed by atoms with Crippen LogP contribution in [0.5, 0.6) is 0 Å². The number of hydrogen-bond donors (Lipinski definition) is 1. The first kappa shape index (κ1) is 15.9. The lowest BCUT2D eigenvalue weighted by atomic mass is 10.1. The molecule has 0 bridgehead atoms. The molecule has 124 valence electrons. The molecule has 0 radical (unpaired) electrons. The number of aromatic nitrogens is 2. The number of esters is 1. The molecular formula is C16H15N3O5. The van der Waals surface area contributed by atoms with E-state index < -0.39 is 10.9 Å². The quantitative estimate of drug-likeness (QED) is 0.438. The zero-order valence-electron chi connectivity index (χ0n) is 13.2. The fourth-order valence-electron chi connectivity index (χ4n) is 2.72. The molecular weight excluding hydrogens is 314 g/mol. The van der Waals surface area contributed by atoms with E-state index >= 15 is 0 Å². The highest BCUT2D eigenvalue weighted by Crippen LogP contribution is 2.32. The van der Waals surface area contributed by atoms with Gasteiger partial charge in [-0.1, -0.05) is 0 Å². The van der Waals surface area contributed by atoms with Gasteiger partial charge in [0.05, 0.1) is 29.9 Å². The zero-order valence-corrected chi connectivity index (χ0v) is 13.2. The van der Waals surface area contributed by atoms with Crippen molar-refractivity contribution in [3.63, 3.8) is 0 Å². The van der Waals surface area contributed by atoms with Crippen LogP contribution in [0.15, 0.2) is 24.4 Å². The molecule has 2 aromatic heterocycles. The van der Waals surface area contributed by atoms with Crippen molar-refractivity contribution in [3.8, 4) is 0 Å². The van der Waals surface area contributed by atoms with Gasteiger partial charge in [0.1, 0.15) is 0 Å². The molecule has 0 aliphatic carbocycles. The lowest BCUT2D eigenvalue weighted by molar-refractivity contribution is -0.384. The van der Waals surface area contributed by atoms with E-state index in [9.17, 15) is 14.9 Å². The number of pyridine rings is 1. The molecule has 0 amide bonds. The van der Waals surface area contributed by atoms with Crippen LogP contribution in [0.4, 0.5) is 5.69 Å². The number of hydrogen-bond acceptors (Lipinski definition) is 6. The Morgan fingerprint density at radius 2 is 2.17 bits per heavy atom. The summed E-state index contributed by atoms with van der Waals surface area (Å²) in [6, 6.07) is 4.53. The Kier molecular flexibility index (Phi) is 4.13. The lowest BCUT2D eigenvalue weighted by Crippen LogP contribution is -2.11. The van der Waals surface area contributed by atoms with E-state index in [0.717, 1.165) is 5.52 Å². The predicted molar refractivity (Wildman–Crippen MR) is 86.9 cm³/mol. The lowest BCUT2D eigenvalue weighted by Gasteiger charge is -2.09. The van der Waals surface area contributed by atoms with Crippen LogP contribution in [0, 0.1) is 10.1 Å². The fraction of sp³-hybridized carbons (Fsp3) is 0.250. The van der Waals surface area contributed by atoms with Gasteiger partial charge in [-0.25, -0.2) is 9.78 Å². The number of carbonyl (C=O) groups is 1. The van der Waals surface area contributed by atoms with Crippen LogP contribution in [-0.2, 0) is 16.1 Å². The maximum absolute atomic E-state index is 12.2. The topological polar surface area (TPSA) is 107 Å². The van der Waals surface area contributed by atoms with E-state index in [-0.39, 0.29) is 24.6 Å². The molecule has 0 unspecified atom stereocenters. The third-order valence-corrected chi connectivity index (χ3v) is 3.69. The first-order chi connectivity index (χ1) is 11.6. The molecule has 8 heteroatoms. The van der Waals surface area contributed by atoms with Gasteiger partial charge >= 0.3 is 5.97 Å². The summed E-state index contributed by atoms with van der Waals surface area (Å²) in [6.45, 7) is 2.07. The SMILES string of the molecule is CCOC(=O)c1ncc2[nH]c3ccc([N+](=O)[O-])cc3c2c1COC. The minimum absolute atomic E-state index is 0.0266. The van der Waals surface area contributed by atoms with Crippen LogP contribution in [0.25, 0.3) is 21.8 Å². The number of ether oxygens (including phenoxy) is 2. The molecule has 24 heavy (non-hydrogen) atoms. The number of rotatable bonds is 5. The van der Waals surface area contributed by atoms with E-state index in [1.165, 1.54) is 25.4 Å². The minimum Gasteiger partial charge on any atom is -0.461 e. The zero-order chi connectivity index (χ0) is 17.3. The second-order valence-corrected chi connectivity index (χ2v) is 5.14. The highest BCUT2D eigenvalue weighted by atomic mass is 16.6. The Hall–Kier alpha value is -3.00. The number of methoxy groups -OCH3 is 1. The van der Waals surface area contributed by atoms with Crippen molar-refractivity contribution in [1.82, 2.24) is 9.97 Å². The molecule has 0 saturated heterocycles. The van der Waals surface area contributed by atoms with Crippen molar-refractivity contribution in [2.75, 3.05) is 13.7 Å². The molecule has 0 fully saturated rings. The number of nitro groups is 1. The van der Waals surface area contributed by atoms with E-state index in [1.54, 1.807) is 13.0 Å². The molecule has 1 N–H and O–H groups in total. The third-order valence-electron chi connectivity index (χ3n) is 3.69. The number of fused-ring (bicyclic) bond motifs is 3. The van der Waals surface area contributed by atoms with Gasteiger partial charge in [0.2, 0.25) is 0 Å². The summed E-state index contributed by atoms with van der Waals surface area (Å²) in [5.74, 6) is -0.550. The van der Waals surface area contributed by atoms with Gasteiger partial charge in [-0.15, -0.1) is 0 Å². The summed E-state index contributed by atoms with van der Waals surface area (Å²) >= 11 is 0. The number of H-pyrrole nitrogens is 1. The van der Waals surface area contributed by atoms with Gasteiger partial charge in [0, 0.05) is 41.1 Å². The average molecular weight is 329 g/mol. The van der Waals surface area contributed by atoms with Crippen molar-refractivity contribution >= 4 is 33.5 Å². The standard InChI is InChI=1S/C16H15N3O5/c1-3-24-16(20)15-11(8-23-2)14-10-6-9(19(21)22)4-5-12(10)18-13(14)7-17-15/h4-7,18H,3,8H2,1-2H3. The van der Waals surface area contributed by atoms with Gasteiger partial charge in [-0.3, -0.25) is 10.1 Å². The van der Waals surface area contributed by atoms with E-state index in [2.05, 4.69) is 9.97 Å². The second kappa shape index (κ2) is 6.25. The molecule has 3 rings (SSSR count). The predicted octanol–water partition coefficient (Wildman–Crippen LogP) is 2.95. The molecule has 8 nitrogen and oxygen atoms in total. The summed E-state index contributed by atoms with van der Waals surface area (Å²) < 4.78 is 10.2. The van der Waals surface area contributed by atoms with E-state index in [1.807, 2.05) is 0 Å². The minimum atomic E-state index is -0.550. The van der Waals surface area contributed by atoms with Gasteiger partial charge in [-0.2, -0.15) is 0 Å². The summed E-state index contributed by atoms with van der Waals surface area (Å²) in [5.41, 5.74) is 2.06. The summed E-state index contributed by atoms with van der Waals surface area (Å²) in [7, 11) is 1.51. The van der Waals surface area contributed by atoms with Crippen LogP contribution in [0.1, 0.15) is 23.0 Å². The molecule has 2 heterocycles. The largest absolute Gasteiger partial charge is 0.461 e. The maximum Gasteiger partial charge on any atom is 0.357 e. The van der Waals surface area contributed by atoms with Crippen molar-refractivity contribution in [3.05, 3.63) is 45.8 Å². The second-order valence-electron chi connectivity index (χ2n) is 5.14. The van der Waals surface area contributed by atoms with Crippen LogP contribution in [0.2, 0.25) is 0 Å². The van der Waals surface area contributed by atoms with Crippen LogP contribution < -0.4 is 0 Å². The number of aromatic amines is 1. The number of nitro benzene ring substituents is 1. The molecule has 0 spiro atoms. The summed E-state index contributed by atoms with van der Waals surface area (Å²) in [6.07, 6.45) is 1.52. The number of nitrogens with one attached hydrogen (secondary N) is 1.